The van der Waals surface area contributed by atoms with Crippen LogP contribution in [0.25, 0.3) is 0 Å². The van der Waals surface area contributed by atoms with E-state index in [0.29, 0.717) is 16.5 Å². The average molecular weight is 440 g/mol. The number of hydrogen-bond acceptors (Lipinski definition) is 3. The molecule has 3 aromatic rings. The Bertz CT molecular complexity index is 1130. The fourth-order valence-electron chi connectivity index (χ4n) is 3.17. The molecular weight excluding hydrogens is 414 g/mol. The summed E-state index contributed by atoms with van der Waals surface area (Å²) < 4.78 is 24.9. The Kier molecular flexibility index (Phi) is 6.74. The van der Waals surface area contributed by atoms with Gasteiger partial charge in [-0.1, -0.05) is 60.7 Å². The van der Waals surface area contributed by atoms with Crippen molar-refractivity contribution in [3.8, 4) is 0 Å². The topological polar surface area (TPSA) is 61.4 Å². The molecule has 0 saturated carbocycles. The molecule has 156 valence electrons. The number of anilines is 2. The monoisotopic (exact) mass is 439 g/mol. The van der Waals surface area contributed by atoms with Gasteiger partial charge in [0.05, 0.1) is 18.0 Å². The van der Waals surface area contributed by atoms with E-state index < -0.39 is 10.0 Å². The van der Waals surface area contributed by atoms with Crippen molar-refractivity contribution in [1.29, 1.82) is 0 Å². The third kappa shape index (κ3) is 5.37. The first-order valence-corrected chi connectivity index (χ1v) is 11.7. The van der Waals surface area contributed by atoms with E-state index in [2.05, 4.69) is 41.8 Å². The highest BCUT2D eigenvalue weighted by Crippen LogP contribution is 2.25. The number of rotatable bonds is 6. The van der Waals surface area contributed by atoms with E-state index in [1.165, 1.54) is 23.2 Å². The molecule has 2 N–H and O–H groups in total. The number of hydrogen-bond donors (Lipinski definition) is 2. The number of sulfonamides is 1. The predicted octanol–water partition coefficient (Wildman–Crippen LogP) is 4.47. The maximum Gasteiger partial charge on any atom is 0.231 e. The van der Waals surface area contributed by atoms with Gasteiger partial charge in [0.2, 0.25) is 10.0 Å². The van der Waals surface area contributed by atoms with Gasteiger partial charge in [0, 0.05) is 12.7 Å². The Balaban J connectivity index is 1.83. The lowest BCUT2D eigenvalue weighted by Gasteiger charge is -2.24. The van der Waals surface area contributed by atoms with Crippen LogP contribution in [0.5, 0.6) is 0 Å². The third-order valence-corrected chi connectivity index (χ3v) is 6.30. The summed E-state index contributed by atoms with van der Waals surface area (Å²) in [7, 11) is -1.82. The Morgan fingerprint density at radius 2 is 1.63 bits per heavy atom. The van der Waals surface area contributed by atoms with Gasteiger partial charge in [-0.15, -0.1) is 0 Å². The average Bonchev–Trinajstić information content (AvgIpc) is 2.72. The first kappa shape index (κ1) is 21.8. The summed E-state index contributed by atoms with van der Waals surface area (Å²) in [5.74, 6) is 0. The van der Waals surface area contributed by atoms with Gasteiger partial charge in [-0.25, -0.2) is 8.42 Å². The normalized spacial score (nSPS) is 12.1. The van der Waals surface area contributed by atoms with E-state index in [4.69, 9.17) is 12.2 Å². The zero-order valence-corrected chi connectivity index (χ0v) is 18.8. The van der Waals surface area contributed by atoms with Crippen molar-refractivity contribution in [2.75, 3.05) is 22.9 Å². The highest BCUT2D eigenvalue weighted by Gasteiger charge is 2.17. The van der Waals surface area contributed by atoms with E-state index in [1.807, 2.05) is 36.4 Å². The lowest BCUT2D eigenvalue weighted by atomic mass is 9.95. The van der Waals surface area contributed by atoms with Gasteiger partial charge in [-0.3, -0.25) is 4.31 Å². The largest absolute Gasteiger partial charge is 0.352 e. The molecule has 1 atom stereocenters. The molecule has 0 aliphatic rings. The minimum atomic E-state index is -3.34. The molecule has 0 bridgehead atoms. The van der Waals surface area contributed by atoms with Gasteiger partial charge in [-0.2, -0.15) is 0 Å². The second-order valence-electron chi connectivity index (χ2n) is 7.08. The van der Waals surface area contributed by atoms with E-state index in [0.717, 1.165) is 11.1 Å². The second-order valence-corrected chi connectivity index (χ2v) is 9.50. The van der Waals surface area contributed by atoms with Crippen LogP contribution >= 0.6 is 12.2 Å². The number of aryl methyl sites for hydroxylation is 1. The molecule has 0 aliphatic carbocycles. The van der Waals surface area contributed by atoms with Crippen molar-refractivity contribution >= 4 is 38.7 Å². The molecule has 0 amide bonds. The van der Waals surface area contributed by atoms with Crippen LogP contribution in [-0.2, 0) is 10.0 Å². The highest BCUT2D eigenvalue weighted by atomic mass is 32.2. The molecule has 30 heavy (non-hydrogen) atoms. The minimum Gasteiger partial charge on any atom is -0.352 e. The van der Waals surface area contributed by atoms with Gasteiger partial charge in [-0.05, 0) is 54.0 Å². The number of nitrogens with zero attached hydrogens (tertiary/aromatic N) is 1. The first-order chi connectivity index (χ1) is 14.3. The van der Waals surface area contributed by atoms with Crippen LogP contribution in [0.3, 0.4) is 0 Å². The van der Waals surface area contributed by atoms with Gasteiger partial charge in [0.15, 0.2) is 5.11 Å². The number of nitrogens with one attached hydrogen (secondary N) is 2. The fourth-order valence-corrected chi connectivity index (χ4v) is 3.90. The summed E-state index contributed by atoms with van der Waals surface area (Å²) in [4.78, 5) is 0. The number of thiocarbonyl (C=S) groups is 1. The van der Waals surface area contributed by atoms with Gasteiger partial charge in [0.25, 0.3) is 0 Å². The lowest BCUT2D eigenvalue weighted by Crippen LogP contribution is -2.33. The summed E-state index contributed by atoms with van der Waals surface area (Å²) in [5, 5.41) is 7.03. The smallest absolute Gasteiger partial charge is 0.231 e. The van der Waals surface area contributed by atoms with Gasteiger partial charge < -0.3 is 10.6 Å². The first-order valence-electron chi connectivity index (χ1n) is 9.47. The molecule has 7 heteroatoms. The molecule has 5 nitrogen and oxygen atoms in total. The standard InChI is InChI=1S/C23H25N3O2S2/c1-17-10-7-8-15-21(17)22(18-11-5-4-6-12-18)25-23(29)24-19-13-9-14-20(16-19)26(2)30(3,27)28/h4-16,22H,1-3H3,(H2,24,25,29)/t22-/m1/s1. The van der Waals surface area contributed by atoms with Crippen LogP contribution in [0.1, 0.15) is 22.7 Å². The molecule has 0 unspecified atom stereocenters. The Morgan fingerprint density at radius 1 is 0.967 bits per heavy atom. The molecule has 0 spiro atoms. The highest BCUT2D eigenvalue weighted by molar-refractivity contribution is 7.92. The molecule has 3 aromatic carbocycles. The summed E-state index contributed by atoms with van der Waals surface area (Å²) in [6, 6.07) is 25.3. The van der Waals surface area contributed by atoms with Crippen molar-refractivity contribution in [2.24, 2.45) is 0 Å². The van der Waals surface area contributed by atoms with E-state index >= 15 is 0 Å². The van der Waals surface area contributed by atoms with Crippen molar-refractivity contribution in [1.82, 2.24) is 5.32 Å². The van der Waals surface area contributed by atoms with Crippen LogP contribution in [0, 0.1) is 6.92 Å². The molecular formula is C23H25N3O2S2. The maximum atomic E-state index is 11.8. The Morgan fingerprint density at radius 3 is 2.30 bits per heavy atom. The third-order valence-electron chi connectivity index (χ3n) is 4.87. The van der Waals surface area contributed by atoms with Gasteiger partial charge >= 0.3 is 0 Å². The molecule has 3 rings (SSSR count). The zero-order chi connectivity index (χ0) is 21.7. The van der Waals surface area contributed by atoms with Crippen LogP contribution in [-0.4, -0.2) is 26.8 Å². The van der Waals surface area contributed by atoms with Crippen LogP contribution in [0.15, 0.2) is 78.9 Å². The lowest BCUT2D eigenvalue weighted by molar-refractivity contribution is 0.600. The summed E-state index contributed by atoms with van der Waals surface area (Å²) >= 11 is 5.58. The summed E-state index contributed by atoms with van der Waals surface area (Å²) in [6.45, 7) is 2.08. The maximum absolute atomic E-state index is 11.8. The molecule has 0 aromatic heterocycles. The van der Waals surface area contributed by atoms with E-state index in [-0.39, 0.29) is 6.04 Å². The Labute approximate surface area is 183 Å². The van der Waals surface area contributed by atoms with Crippen molar-refractivity contribution in [2.45, 2.75) is 13.0 Å². The Hall–Kier alpha value is -2.90. The molecule has 0 aliphatic heterocycles. The molecule has 0 fully saturated rings. The number of benzene rings is 3. The summed E-state index contributed by atoms with van der Waals surface area (Å²) in [5.41, 5.74) is 4.67. The van der Waals surface area contributed by atoms with E-state index in [1.54, 1.807) is 18.2 Å². The second kappa shape index (κ2) is 9.28. The molecule has 0 heterocycles. The SMILES string of the molecule is Cc1ccccc1[C@H](NC(=S)Nc1cccc(N(C)S(C)(=O)=O)c1)c1ccccc1. The van der Waals surface area contributed by atoms with Crippen LogP contribution < -0.4 is 14.9 Å². The van der Waals surface area contributed by atoms with Gasteiger partial charge in [0.1, 0.15) is 0 Å². The van der Waals surface area contributed by atoms with Crippen molar-refractivity contribution < 1.29 is 8.42 Å². The predicted molar refractivity (Wildman–Crippen MR) is 129 cm³/mol. The quantitative estimate of drug-likeness (QED) is 0.555. The van der Waals surface area contributed by atoms with Crippen molar-refractivity contribution in [3.63, 3.8) is 0 Å². The van der Waals surface area contributed by atoms with Crippen molar-refractivity contribution in [3.05, 3.63) is 95.6 Å². The summed E-state index contributed by atoms with van der Waals surface area (Å²) in [6.07, 6.45) is 1.17. The van der Waals surface area contributed by atoms with Crippen LogP contribution in [0.4, 0.5) is 11.4 Å². The minimum absolute atomic E-state index is 0.116. The van der Waals surface area contributed by atoms with E-state index in [9.17, 15) is 8.42 Å². The zero-order valence-electron chi connectivity index (χ0n) is 17.2. The molecule has 0 saturated heterocycles. The molecule has 0 radical (unpaired) electrons. The fraction of sp³-hybridized carbons (Fsp3) is 0.174. The van der Waals surface area contributed by atoms with Crippen LogP contribution in [0.2, 0.25) is 0 Å².